The number of nitrogens with zero attached hydrogens (tertiary/aromatic N) is 4. The minimum Gasteiger partial charge on any atom is -0.336 e. The Labute approximate surface area is 157 Å². The number of aromatic nitrogens is 4. The van der Waals surface area contributed by atoms with Crippen LogP contribution in [0.5, 0.6) is 0 Å². The molecule has 6 nitrogen and oxygen atoms in total. The van der Waals surface area contributed by atoms with Crippen LogP contribution in [0.1, 0.15) is 27.4 Å². The summed E-state index contributed by atoms with van der Waals surface area (Å²) in [6.07, 6.45) is 0. The molecule has 0 aliphatic carbocycles. The summed E-state index contributed by atoms with van der Waals surface area (Å²) in [5, 5.41) is 12.6. The van der Waals surface area contributed by atoms with Gasteiger partial charge in [-0.1, -0.05) is 36.4 Å². The topological polar surface area (TPSA) is 66.8 Å². The summed E-state index contributed by atoms with van der Waals surface area (Å²) in [6, 6.07) is 17.7. The number of para-hydroxylation sites is 2. The SMILES string of the molecule is Cc1nn(-c2ccccc2)c(C)c1CN(C)C(=O)c1n[nH]c2ccccc12. The molecule has 27 heavy (non-hydrogen) atoms. The summed E-state index contributed by atoms with van der Waals surface area (Å²) in [5.74, 6) is -0.112. The molecule has 1 N–H and O–H groups in total. The van der Waals surface area contributed by atoms with E-state index in [1.807, 2.05) is 73.1 Å². The summed E-state index contributed by atoms with van der Waals surface area (Å²) >= 11 is 0. The van der Waals surface area contributed by atoms with E-state index >= 15 is 0 Å². The maximum atomic E-state index is 12.9. The van der Waals surface area contributed by atoms with E-state index in [0.29, 0.717) is 12.2 Å². The molecule has 136 valence electrons. The Hall–Kier alpha value is -3.41. The van der Waals surface area contributed by atoms with Crippen LogP contribution in [0.4, 0.5) is 0 Å². The zero-order chi connectivity index (χ0) is 19.0. The molecule has 0 saturated carbocycles. The van der Waals surface area contributed by atoms with Crippen LogP contribution in [0.3, 0.4) is 0 Å². The number of carbonyl (C=O) groups is 1. The molecule has 0 bridgehead atoms. The Morgan fingerprint density at radius 2 is 1.78 bits per heavy atom. The molecule has 2 heterocycles. The highest BCUT2D eigenvalue weighted by Gasteiger charge is 2.21. The van der Waals surface area contributed by atoms with Crippen molar-refractivity contribution in [3.63, 3.8) is 0 Å². The van der Waals surface area contributed by atoms with E-state index in [1.165, 1.54) is 0 Å². The predicted molar refractivity (Wildman–Crippen MR) is 105 cm³/mol. The van der Waals surface area contributed by atoms with Crippen molar-refractivity contribution >= 4 is 16.8 Å². The predicted octanol–water partition coefficient (Wildman–Crippen LogP) is 3.64. The number of fused-ring (bicyclic) bond motifs is 1. The first-order chi connectivity index (χ1) is 13.1. The zero-order valence-electron chi connectivity index (χ0n) is 15.6. The normalized spacial score (nSPS) is 11.1. The number of nitrogens with one attached hydrogen (secondary N) is 1. The third-order valence-electron chi connectivity index (χ3n) is 4.86. The first-order valence-electron chi connectivity index (χ1n) is 8.85. The van der Waals surface area contributed by atoms with Crippen molar-refractivity contribution in [1.82, 2.24) is 24.9 Å². The number of amides is 1. The summed E-state index contributed by atoms with van der Waals surface area (Å²) in [5.41, 5.74) is 5.32. The average molecular weight is 359 g/mol. The molecule has 2 aromatic heterocycles. The van der Waals surface area contributed by atoms with Crippen molar-refractivity contribution in [2.45, 2.75) is 20.4 Å². The standard InChI is InChI=1S/C21H21N5O/c1-14-18(15(2)26(24-14)16-9-5-4-6-10-16)13-25(3)21(27)20-17-11-7-8-12-19(17)22-23-20/h4-12H,13H2,1-3H3,(H,22,23). The quantitative estimate of drug-likeness (QED) is 0.605. The summed E-state index contributed by atoms with van der Waals surface area (Å²) in [7, 11) is 1.80. The summed E-state index contributed by atoms with van der Waals surface area (Å²) < 4.78 is 1.92. The molecular formula is C21H21N5O. The van der Waals surface area contributed by atoms with Gasteiger partial charge in [-0.2, -0.15) is 10.2 Å². The summed E-state index contributed by atoms with van der Waals surface area (Å²) in [6.45, 7) is 4.49. The lowest BCUT2D eigenvalue weighted by molar-refractivity contribution is 0.0781. The smallest absolute Gasteiger partial charge is 0.275 e. The molecule has 0 aliphatic rings. The molecule has 0 aliphatic heterocycles. The van der Waals surface area contributed by atoms with E-state index < -0.39 is 0 Å². The van der Waals surface area contributed by atoms with Gasteiger partial charge in [0.25, 0.3) is 5.91 Å². The van der Waals surface area contributed by atoms with Gasteiger partial charge in [0, 0.05) is 30.2 Å². The number of aryl methyl sites for hydroxylation is 1. The van der Waals surface area contributed by atoms with Crippen LogP contribution in [-0.2, 0) is 6.54 Å². The Morgan fingerprint density at radius 3 is 2.56 bits per heavy atom. The average Bonchev–Trinajstić information content (AvgIpc) is 3.24. The molecule has 0 atom stereocenters. The van der Waals surface area contributed by atoms with Gasteiger partial charge in [0.2, 0.25) is 0 Å². The van der Waals surface area contributed by atoms with Crippen molar-refractivity contribution in [2.75, 3.05) is 7.05 Å². The number of carbonyl (C=O) groups excluding carboxylic acids is 1. The number of H-pyrrole nitrogens is 1. The van der Waals surface area contributed by atoms with Gasteiger partial charge in [-0.3, -0.25) is 9.89 Å². The fourth-order valence-electron chi connectivity index (χ4n) is 3.34. The summed E-state index contributed by atoms with van der Waals surface area (Å²) in [4.78, 5) is 14.6. The Balaban J connectivity index is 1.62. The van der Waals surface area contributed by atoms with E-state index in [1.54, 1.807) is 11.9 Å². The minimum absolute atomic E-state index is 0.112. The third kappa shape index (κ3) is 2.99. The van der Waals surface area contributed by atoms with Crippen LogP contribution in [0, 0.1) is 13.8 Å². The molecule has 0 saturated heterocycles. The van der Waals surface area contributed by atoms with Crippen LogP contribution >= 0.6 is 0 Å². The maximum absolute atomic E-state index is 12.9. The van der Waals surface area contributed by atoms with E-state index in [4.69, 9.17) is 0 Å². The van der Waals surface area contributed by atoms with E-state index in [2.05, 4.69) is 15.3 Å². The number of benzene rings is 2. The van der Waals surface area contributed by atoms with Crippen molar-refractivity contribution in [1.29, 1.82) is 0 Å². The van der Waals surface area contributed by atoms with Crippen molar-refractivity contribution < 1.29 is 4.79 Å². The molecule has 0 spiro atoms. The monoisotopic (exact) mass is 359 g/mol. The largest absolute Gasteiger partial charge is 0.336 e. The highest BCUT2D eigenvalue weighted by Crippen LogP contribution is 2.21. The molecule has 4 rings (SSSR count). The number of rotatable bonds is 4. The van der Waals surface area contributed by atoms with Gasteiger partial charge >= 0.3 is 0 Å². The van der Waals surface area contributed by atoms with Gasteiger partial charge in [0.15, 0.2) is 5.69 Å². The fourth-order valence-corrected chi connectivity index (χ4v) is 3.34. The van der Waals surface area contributed by atoms with E-state index in [9.17, 15) is 4.79 Å². The van der Waals surface area contributed by atoms with E-state index in [-0.39, 0.29) is 5.91 Å². The molecule has 4 aromatic rings. The number of aromatic amines is 1. The van der Waals surface area contributed by atoms with Crippen molar-refractivity contribution in [2.24, 2.45) is 0 Å². The second-order valence-corrected chi connectivity index (χ2v) is 6.68. The highest BCUT2D eigenvalue weighted by molar-refractivity contribution is 6.04. The van der Waals surface area contributed by atoms with Gasteiger partial charge in [-0.05, 0) is 32.0 Å². The van der Waals surface area contributed by atoms with Gasteiger partial charge in [0.1, 0.15) is 0 Å². The Morgan fingerprint density at radius 1 is 1.07 bits per heavy atom. The van der Waals surface area contributed by atoms with Crippen LogP contribution in [0.15, 0.2) is 54.6 Å². The van der Waals surface area contributed by atoms with Gasteiger partial charge < -0.3 is 4.90 Å². The maximum Gasteiger partial charge on any atom is 0.275 e. The highest BCUT2D eigenvalue weighted by atomic mass is 16.2. The van der Waals surface area contributed by atoms with Gasteiger partial charge in [-0.25, -0.2) is 4.68 Å². The van der Waals surface area contributed by atoms with Crippen LogP contribution in [0.2, 0.25) is 0 Å². The lowest BCUT2D eigenvalue weighted by Crippen LogP contribution is -2.27. The lowest BCUT2D eigenvalue weighted by atomic mass is 10.1. The van der Waals surface area contributed by atoms with Crippen LogP contribution in [0.25, 0.3) is 16.6 Å². The second-order valence-electron chi connectivity index (χ2n) is 6.68. The van der Waals surface area contributed by atoms with Gasteiger partial charge in [-0.15, -0.1) is 0 Å². The Kier molecular flexibility index (Phi) is 4.24. The molecule has 0 unspecified atom stereocenters. The van der Waals surface area contributed by atoms with Gasteiger partial charge in [0.05, 0.1) is 16.9 Å². The van der Waals surface area contributed by atoms with Crippen LogP contribution < -0.4 is 0 Å². The molecule has 1 amide bonds. The minimum atomic E-state index is -0.112. The van der Waals surface area contributed by atoms with Crippen molar-refractivity contribution in [3.8, 4) is 5.69 Å². The fraction of sp³-hybridized carbons (Fsp3) is 0.190. The number of hydrogen-bond acceptors (Lipinski definition) is 3. The van der Waals surface area contributed by atoms with Crippen molar-refractivity contribution in [3.05, 3.63) is 77.2 Å². The molecule has 6 heteroatoms. The van der Waals surface area contributed by atoms with Crippen LogP contribution in [-0.4, -0.2) is 37.8 Å². The lowest BCUT2D eigenvalue weighted by Gasteiger charge is -2.16. The third-order valence-corrected chi connectivity index (χ3v) is 4.86. The molecule has 0 fully saturated rings. The Bertz CT molecular complexity index is 1110. The second kappa shape index (κ2) is 6.72. The molecular weight excluding hydrogens is 338 g/mol. The number of hydrogen-bond donors (Lipinski definition) is 1. The first-order valence-corrected chi connectivity index (χ1v) is 8.85. The molecule has 0 radical (unpaired) electrons. The van der Waals surface area contributed by atoms with E-state index in [0.717, 1.165) is 33.5 Å². The zero-order valence-corrected chi connectivity index (χ0v) is 15.6. The molecule has 2 aromatic carbocycles. The first kappa shape index (κ1) is 17.0.